The van der Waals surface area contributed by atoms with Crippen molar-refractivity contribution >= 4 is 15.9 Å². The largest absolute Gasteiger partial charge is 0.347 e. The topological polar surface area (TPSA) is 102 Å². The molecule has 1 amide bonds. The van der Waals surface area contributed by atoms with E-state index in [0.29, 0.717) is 11.1 Å². The fraction of sp³-hybridized carbons (Fsp3) is 0.143. The Morgan fingerprint density at radius 1 is 1.32 bits per heavy atom. The van der Waals surface area contributed by atoms with Gasteiger partial charge in [-0.2, -0.15) is 0 Å². The Hall–Kier alpha value is -2.32. The first-order valence-corrected chi connectivity index (χ1v) is 7.84. The van der Waals surface area contributed by atoms with Gasteiger partial charge >= 0.3 is 0 Å². The van der Waals surface area contributed by atoms with Crippen molar-refractivity contribution in [2.24, 2.45) is 5.14 Å². The predicted molar refractivity (Wildman–Crippen MR) is 77.9 cm³/mol. The molecule has 22 heavy (non-hydrogen) atoms. The van der Waals surface area contributed by atoms with Gasteiger partial charge < -0.3 is 5.32 Å². The van der Waals surface area contributed by atoms with E-state index < -0.39 is 21.7 Å². The number of halogens is 1. The second-order valence-electron chi connectivity index (χ2n) is 4.71. The Morgan fingerprint density at radius 3 is 2.50 bits per heavy atom. The Morgan fingerprint density at radius 2 is 1.95 bits per heavy atom. The van der Waals surface area contributed by atoms with Crippen LogP contribution in [-0.2, 0) is 16.6 Å². The average Bonchev–Trinajstić information content (AvgIpc) is 2.44. The number of amides is 1. The van der Waals surface area contributed by atoms with Gasteiger partial charge in [0.05, 0.1) is 4.90 Å². The number of pyridine rings is 1. The summed E-state index contributed by atoms with van der Waals surface area (Å²) in [5.74, 6) is -1.34. The van der Waals surface area contributed by atoms with Crippen LogP contribution >= 0.6 is 0 Å². The van der Waals surface area contributed by atoms with E-state index in [-0.39, 0.29) is 17.1 Å². The van der Waals surface area contributed by atoms with Crippen molar-refractivity contribution < 1.29 is 17.6 Å². The van der Waals surface area contributed by atoms with Crippen LogP contribution in [0.4, 0.5) is 4.39 Å². The first-order valence-electron chi connectivity index (χ1n) is 6.29. The van der Waals surface area contributed by atoms with E-state index in [2.05, 4.69) is 10.3 Å². The maximum absolute atomic E-state index is 13.6. The van der Waals surface area contributed by atoms with E-state index in [1.54, 1.807) is 6.92 Å². The molecule has 8 heteroatoms. The van der Waals surface area contributed by atoms with Crippen LogP contribution in [0, 0.1) is 12.7 Å². The molecule has 0 atom stereocenters. The molecule has 0 unspecified atom stereocenters. The highest BCUT2D eigenvalue weighted by Crippen LogP contribution is 2.10. The van der Waals surface area contributed by atoms with Crippen LogP contribution in [0.3, 0.4) is 0 Å². The zero-order valence-electron chi connectivity index (χ0n) is 11.7. The lowest BCUT2D eigenvalue weighted by molar-refractivity contribution is 0.0941. The summed E-state index contributed by atoms with van der Waals surface area (Å²) in [5, 5.41) is 7.50. The van der Waals surface area contributed by atoms with Gasteiger partial charge in [0.1, 0.15) is 0 Å². The van der Waals surface area contributed by atoms with Crippen LogP contribution in [0.5, 0.6) is 0 Å². The summed E-state index contributed by atoms with van der Waals surface area (Å²) in [5.41, 5.74) is 0.979. The number of sulfonamides is 1. The summed E-state index contributed by atoms with van der Waals surface area (Å²) in [4.78, 5) is 15.6. The monoisotopic (exact) mass is 323 g/mol. The summed E-state index contributed by atoms with van der Waals surface area (Å²) in [6.07, 6.45) is 1.40. The summed E-state index contributed by atoms with van der Waals surface area (Å²) in [6, 6.07) is 6.92. The van der Waals surface area contributed by atoms with Gasteiger partial charge in [0.25, 0.3) is 5.91 Å². The predicted octanol–water partition coefficient (Wildman–Crippen LogP) is 1.11. The molecule has 0 saturated carbocycles. The van der Waals surface area contributed by atoms with Crippen LogP contribution in [0.2, 0.25) is 0 Å². The zero-order chi connectivity index (χ0) is 16.3. The number of rotatable bonds is 4. The number of nitrogens with two attached hydrogens (primary N) is 1. The van der Waals surface area contributed by atoms with Gasteiger partial charge in [0.15, 0.2) is 11.5 Å². The van der Waals surface area contributed by atoms with Crippen molar-refractivity contribution in [3.63, 3.8) is 0 Å². The molecule has 6 nitrogen and oxygen atoms in total. The Labute approximate surface area is 127 Å². The molecule has 0 saturated heterocycles. The Kier molecular flexibility index (Phi) is 4.53. The fourth-order valence-electron chi connectivity index (χ4n) is 1.76. The summed E-state index contributed by atoms with van der Waals surface area (Å²) < 4.78 is 35.8. The number of primary sulfonamides is 1. The second kappa shape index (κ2) is 6.20. The normalized spacial score (nSPS) is 11.2. The first kappa shape index (κ1) is 16.1. The fourth-order valence-corrected chi connectivity index (χ4v) is 2.28. The van der Waals surface area contributed by atoms with Gasteiger partial charge in [-0.1, -0.05) is 12.1 Å². The highest BCUT2D eigenvalue weighted by molar-refractivity contribution is 7.89. The molecule has 2 aromatic rings. The summed E-state index contributed by atoms with van der Waals surface area (Å²) >= 11 is 0. The lowest BCUT2D eigenvalue weighted by Gasteiger charge is -2.07. The van der Waals surface area contributed by atoms with Gasteiger partial charge in [-0.05, 0) is 36.2 Å². The minimum absolute atomic E-state index is 0.0196. The van der Waals surface area contributed by atoms with Crippen molar-refractivity contribution in [2.75, 3.05) is 0 Å². The number of hydrogen-bond acceptors (Lipinski definition) is 4. The molecular weight excluding hydrogens is 309 g/mol. The van der Waals surface area contributed by atoms with Crippen LogP contribution in [0.25, 0.3) is 0 Å². The molecule has 1 aromatic carbocycles. The average molecular weight is 323 g/mol. The molecule has 0 radical (unpaired) electrons. The molecule has 0 aliphatic heterocycles. The lowest BCUT2D eigenvalue weighted by Crippen LogP contribution is -2.25. The molecular formula is C14H14FN3O3S. The third kappa shape index (κ3) is 3.86. The second-order valence-corrected chi connectivity index (χ2v) is 6.28. The minimum Gasteiger partial charge on any atom is -0.347 e. The number of carbonyl (C=O) groups is 1. The van der Waals surface area contributed by atoms with Crippen LogP contribution in [0.15, 0.2) is 41.4 Å². The minimum atomic E-state index is -3.75. The van der Waals surface area contributed by atoms with E-state index in [1.165, 1.54) is 36.5 Å². The number of nitrogens with zero attached hydrogens (tertiary/aromatic N) is 1. The maximum Gasteiger partial charge on any atom is 0.273 e. The highest BCUT2D eigenvalue weighted by Gasteiger charge is 2.13. The highest BCUT2D eigenvalue weighted by atomic mass is 32.2. The molecule has 0 spiro atoms. The first-order chi connectivity index (χ1) is 10.3. The van der Waals surface area contributed by atoms with E-state index in [4.69, 9.17) is 5.14 Å². The van der Waals surface area contributed by atoms with Gasteiger partial charge in [-0.25, -0.2) is 22.9 Å². The molecule has 3 N–H and O–H groups in total. The van der Waals surface area contributed by atoms with Crippen molar-refractivity contribution in [3.8, 4) is 0 Å². The molecule has 2 rings (SSSR count). The molecule has 116 valence electrons. The number of carbonyl (C=O) groups excluding carboxylic acids is 1. The van der Waals surface area contributed by atoms with E-state index in [0.717, 1.165) is 0 Å². The lowest BCUT2D eigenvalue weighted by atomic mass is 10.2. The summed E-state index contributed by atoms with van der Waals surface area (Å²) in [6.45, 7) is 1.78. The molecule has 1 aromatic heterocycles. The van der Waals surface area contributed by atoms with E-state index in [9.17, 15) is 17.6 Å². The molecule has 0 aliphatic rings. The van der Waals surface area contributed by atoms with E-state index >= 15 is 0 Å². The smallest absolute Gasteiger partial charge is 0.273 e. The van der Waals surface area contributed by atoms with Crippen molar-refractivity contribution in [1.82, 2.24) is 10.3 Å². The Bertz CT molecular complexity index is 805. The molecule has 0 bridgehead atoms. The SMILES string of the molecule is Cc1cnc(C(=O)NCc2ccc(S(N)(=O)=O)cc2)c(F)c1. The van der Waals surface area contributed by atoms with Crippen LogP contribution < -0.4 is 10.5 Å². The summed E-state index contributed by atoms with van der Waals surface area (Å²) in [7, 11) is -3.75. The van der Waals surface area contributed by atoms with Crippen molar-refractivity contribution in [2.45, 2.75) is 18.4 Å². The third-order valence-corrected chi connectivity index (χ3v) is 3.83. The zero-order valence-corrected chi connectivity index (χ0v) is 12.5. The molecule has 0 fully saturated rings. The standard InChI is InChI=1S/C14H14FN3O3S/c1-9-6-12(15)13(17-7-9)14(19)18-8-10-2-4-11(5-3-10)22(16,20)21/h2-7H,8H2,1H3,(H,18,19)(H2,16,20,21). The number of benzene rings is 1. The Balaban J connectivity index is 2.05. The number of hydrogen-bond donors (Lipinski definition) is 2. The molecule has 1 heterocycles. The number of aryl methyl sites for hydroxylation is 1. The third-order valence-electron chi connectivity index (χ3n) is 2.90. The van der Waals surface area contributed by atoms with Crippen LogP contribution in [0.1, 0.15) is 21.6 Å². The van der Waals surface area contributed by atoms with Gasteiger partial charge in [0.2, 0.25) is 10.0 Å². The van der Waals surface area contributed by atoms with Gasteiger partial charge in [-0.15, -0.1) is 0 Å². The van der Waals surface area contributed by atoms with E-state index in [1.807, 2.05) is 0 Å². The van der Waals surface area contributed by atoms with Gasteiger partial charge in [0, 0.05) is 12.7 Å². The maximum atomic E-state index is 13.6. The quantitative estimate of drug-likeness (QED) is 0.879. The molecule has 0 aliphatic carbocycles. The van der Waals surface area contributed by atoms with Crippen LogP contribution in [-0.4, -0.2) is 19.3 Å². The number of aromatic nitrogens is 1. The van der Waals surface area contributed by atoms with Crippen molar-refractivity contribution in [3.05, 3.63) is 59.2 Å². The number of nitrogens with one attached hydrogen (secondary N) is 1. The van der Waals surface area contributed by atoms with Gasteiger partial charge in [-0.3, -0.25) is 4.79 Å². The van der Waals surface area contributed by atoms with Crippen molar-refractivity contribution in [1.29, 1.82) is 0 Å².